The van der Waals surface area contributed by atoms with Gasteiger partial charge in [0.15, 0.2) is 0 Å². The average molecular weight is 401 g/mol. The highest BCUT2D eigenvalue weighted by Crippen LogP contribution is 2.45. The Balaban J connectivity index is 2.74. The molecule has 1 aliphatic heterocycles. The van der Waals surface area contributed by atoms with Crippen molar-refractivity contribution in [1.82, 2.24) is 0 Å². The summed E-state index contributed by atoms with van der Waals surface area (Å²) in [4.78, 5) is 12.4. The molecule has 0 amide bonds. The molecule has 1 aliphatic rings. The summed E-state index contributed by atoms with van der Waals surface area (Å²) in [5, 5.41) is 9.27. The Hall–Kier alpha value is -2.66. The van der Waals surface area contributed by atoms with Gasteiger partial charge in [0.2, 0.25) is 5.88 Å². The number of carbonyl (C=O) groups excluding carboxylic acids is 1. The predicted molar refractivity (Wildman–Crippen MR) is 91.2 cm³/mol. The van der Waals surface area contributed by atoms with E-state index in [0.29, 0.717) is 0 Å². The van der Waals surface area contributed by atoms with Crippen molar-refractivity contribution in [2.24, 2.45) is 5.73 Å². The number of allylic oxidation sites excluding steroid dienone is 2. The first kappa shape index (κ1) is 20.6. The molecule has 1 heterocycles. The van der Waals surface area contributed by atoms with Gasteiger partial charge in [0.1, 0.15) is 17.4 Å². The molecule has 0 saturated heterocycles. The number of esters is 1. The highest BCUT2D eigenvalue weighted by atomic mass is 35.5. The molecule has 0 radical (unpaired) electrons. The molecule has 0 saturated carbocycles. The minimum Gasteiger partial charge on any atom is -0.463 e. The monoisotopic (exact) mass is 400 g/mol. The summed E-state index contributed by atoms with van der Waals surface area (Å²) < 4.78 is 49.7. The van der Waals surface area contributed by atoms with Crippen molar-refractivity contribution >= 4 is 17.6 Å². The standard InChI is InChI=1S/C18H16ClF3N2O3/c1-4-26-17(25)13-9(3)27-16(24)11(7-23)14(13)10-5-6-12(18(20,21)22)8(2)15(10)19/h5-6,14H,4,24H2,1-3H3. The van der Waals surface area contributed by atoms with Crippen molar-refractivity contribution in [3.05, 3.63) is 56.6 Å². The number of carbonyl (C=O) groups is 1. The first-order valence-electron chi connectivity index (χ1n) is 7.86. The summed E-state index contributed by atoms with van der Waals surface area (Å²) in [6.45, 7) is 4.32. The Kier molecular flexibility index (Phi) is 5.76. The molecular formula is C18H16ClF3N2O3. The Morgan fingerprint density at radius 2 is 2.04 bits per heavy atom. The molecule has 0 spiro atoms. The Bertz CT molecular complexity index is 898. The normalized spacial score (nSPS) is 17.5. The Morgan fingerprint density at radius 1 is 1.41 bits per heavy atom. The molecule has 2 rings (SSSR count). The van der Waals surface area contributed by atoms with E-state index in [4.69, 9.17) is 26.8 Å². The van der Waals surface area contributed by atoms with Crippen molar-refractivity contribution in [3.8, 4) is 6.07 Å². The van der Waals surface area contributed by atoms with E-state index in [1.165, 1.54) is 13.8 Å². The second kappa shape index (κ2) is 7.53. The van der Waals surface area contributed by atoms with Crippen LogP contribution in [0.5, 0.6) is 0 Å². The van der Waals surface area contributed by atoms with Gasteiger partial charge < -0.3 is 15.2 Å². The smallest absolute Gasteiger partial charge is 0.416 e. The van der Waals surface area contributed by atoms with Crippen molar-refractivity contribution in [3.63, 3.8) is 0 Å². The van der Waals surface area contributed by atoms with E-state index in [0.717, 1.165) is 12.1 Å². The highest BCUT2D eigenvalue weighted by molar-refractivity contribution is 6.32. The van der Waals surface area contributed by atoms with Gasteiger partial charge in [0.05, 0.1) is 23.7 Å². The van der Waals surface area contributed by atoms with Gasteiger partial charge in [-0.05, 0) is 38.0 Å². The zero-order valence-corrected chi connectivity index (χ0v) is 15.5. The lowest BCUT2D eigenvalue weighted by molar-refractivity contribution is -0.139. The third-order valence-corrected chi connectivity index (χ3v) is 4.64. The lowest BCUT2D eigenvalue weighted by Gasteiger charge is -2.28. The number of alkyl halides is 3. The number of hydrogen-bond acceptors (Lipinski definition) is 5. The van der Waals surface area contributed by atoms with Crippen molar-refractivity contribution < 1.29 is 27.4 Å². The van der Waals surface area contributed by atoms with Gasteiger partial charge in [0, 0.05) is 5.02 Å². The number of rotatable bonds is 3. The molecule has 1 aromatic carbocycles. The summed E-state index contributed by atoms with van der Waals surface area (Å²) in [5.74, 6) is -2.03. The fourth-order valence-corrected chi connectivity index (χ4v) is 3.18. The zero-order chi connectivity index (χ0) is 20.5. The van der Waals surface area contributed by atoms with E-state index < -0.39 is 23.6 Å². The second-order valence-corrected chi connectivity index (χ2v) is 6.13. The van der Waals surface area contributed by atoms with Crippen LogP contribution in [0, 0.1) is 18.3 Å². The fourth-order valence-electron chi connectivity index (χ4n) is 2.90. The summed E-state index contributed by atoms with van der Waals surface area (Å²) in [6, 6.07) is 3.83. The van der Waals surface area contributed by atoms with Crippen LogP contribution < -0.4 is 5.73 Å². The van der Waals surface area contributed by atoms with Crippen LogP contribution >= 0.6 is 11.6 Å². The number of nitriles is 1. The maximum atomic E-state index is 13.1. The topological polar surface area (TPSA) is 85.3 Å². The van der Waals surface area contributed by atoms with Gasteiger partial charge in [-0.15, -0.1) is 0 Å². The molecule has 0 bridgehead atoms. The number of halogens is 4. The molecular weight excluding hydrogens is 385 g/mol. The van der Waals surface area contributed by atoms with Crippen molar-refractivity contribution in [1.29, 1.82) is 5.26 Å². The largest absolute Gasteiger partial charge is 0.463 e. The number of benzene rings is 1. The van der Waals surface area contributed by atoms with E-state index >= 15 is 0 Å². The lowest BCUT2D eigenvalue weighted by Crippen LogP contribution is -2.26. The first-order chi connectivity index (χ1) is 12.5. The van der Waals surface area contributed by atoms with Crippen LogP contribution in [-0.4, -0.2) is 12.6 Å². The van der Waals surface area contributed by atoms with Crippen LogP contribution in [0.4, 0.5) is 13.2 Å². The van der Waals surface area contributed by atoms with E-state index in [2.05, 4.69) is 0 Å². The van der Waals surface area contributed by atoms with Gasteiger partial charge in [-0.25, -0.2) is 4.79 Å². The van der Waals surface area contributed by atoms with Gasteiger partial charge in [-0.2, -0.15) is 18.4 Å². The van der Waals surface area contributed by atoms with Crippen LogP contribution in [0.2, 0.25) is 5.02 Å². The minimum absolute atomic E-state index is 0.0383. The molecule has 0 aromatic heterocycles. The van der Waals surface area contributed by atoms with Crippen LogP contribution in [0.3, 0.4) is 0 Å². The third-order valence-electron chi connectivity index (χ3n) is 4.13. The highest BCUT2D eigenvalue weighted by Gasteiger charge is 2.39. The van der Waals surface area contributed by atoms with Gasteiger partial charge in [-0.1, -0.05) is 17.7 Å². The number of nitrogens with two attached hydrogens (primary N) is 1. The van der Waals surface area contributed by atoms with E-state index in [1.54, 1.807) is 6.92 Å². The van der Waals surface area contributed by atoms with Crippen LogP contribution in [0.25, 0.3) is 0 Å². The quantitative estimate of drug-likeness (QED) is 0.764. The Labute approximate surface area is 158 Å². The summed E-state index contributed by atoms with van der Waals surface area (Å²) in [7, 11) is 0. The molecule has 1 unspecified atom stereocenters. The molecule has 27 heavy (non-hydrogen) atoms. The first-order valence-corrected chi connectivity index (χ1v) is 8.24. The number of nitrogens with zero attached hydrogens (tertiary/aromatic N) is 1. The van der Waals surface area contributed by atoms with E-state index in [9.17, 15) is 23.2 Å². The molecule has 144 valence electrons. The molecule has 2 N–H and O–H groups in total. The molecule has 1 aromatic rings. The van der Waals surface area contributed by atoms with Crippen LogP contribution in [0.15, 0.2) is 34.9 Å². The summed E-state index contributed by atoms with van der Waals surface area (Å²) in [5.41, 5.74) is 4.59. The molecule has 0 aliphatic carbocycles. The van der Waals surface area contributed by atoms with Crippen LogP contribution in [0.1, 0.15) is 36.5 Å². The zero-order valence-electron chi connectivity index (χ0n) is 14.7. The van der Waals surface area contributed by atoms with Gasteiger partial charge in [-0.3, -0.25) is 0 Å². The molecule has 1 atom stereocenters. The summed E-state index contributed by atoms with van der Waals surface area (Å²) >= 11 is 6.21. The predicted octanol–water partition coefficient (Wildman–Crippen LogP) is 4.31. The van der Waals surface area contributed by atoms with E-state index in [1.807, 2.05) is 6.07 Å². The summed E-state index contributed by atoms with van der Waals surface area (Å²) in [6.07, 6.45) is -4.59. The lowest BCUT2D eigenvalue weighted by atomic mass is 9.82. The van der Waals surface area contributed by atoms with Crippen molar-refractivity contribution in [2.45, 2.75) is 32.9 Å². The maximum Gasteiger partial charge on any atom is 0.416 e. The maximum absolute atomic E-state index is 13.1. The minimum atomic E-state index is -4.59. The van der Waals surface area contributed by atoms with Gasteiger partial charge in [0.25, 0.3) is 0 Å². The number of ether oxygens (including phenoxy) is 2. The molecule has 5 nitrogen and oxygen atoms in total. The van der Waals surface area contributed by atoms with E-state index in [-0.39, 0.29) is 45.5 Å². The average Bonchev–Trinajstić information content (AvgIpc) is 2.55. The number of hydrogen-bond donors (Lipinski definition) is 1. The molecule has 0 fully saturated rings. The third kappa shape index (κ3) is 3.74. The van der Waals surface area contributed by atoms with Gasteiger partial charge >= 0.3 is 12.1 Å². The van der Waals surface area contributed by atoms with Crippen LogP contribution in [-0.2, 0) is 20.4 Å². The fraction of sp³-hybridized carbons (Fsp3) is 0.333. The second-order valence-electron chi connectivity index (χ2n) is 5.75. The molecule has 9 heteroatoms. The van der Waals surface area contributed by atoms with Crippen molar-refractivity contribution in [2.75, 3.05) is 6.61 Å². The SMILES string of the molecule is CCOC(=O)C1=C(C)OC(N)=C(C#N)C1c1ccc(C(F)(F)F)c(C)c1Cl. The Morgan fingerprint density at radius 3 is 2.56 bits per heavy atom.